The van der Waals surface area contributed by atoms with Crippen LogP contribution in [0.2, 0.25) is 5.02 Å². The molecular weight excluding hydrogens is 433 g/mol. The van der Waals surface area contributed by atoms with Crippen LogP contribution >= 0.6 is 11.6 Å². The van der Waals surface area contributed by atoms with Gasteiger partial charge in [0.2, 0.25) is 0 Å². The summed E-state index contributed by atoms with van der Waals surface area (Å²) in [5, 5.41) is 10.7. The number of aromatic amines is 1. The smallest absolute Gasteiger partial charge is 0.281 e. The Morgan fingerprint density at radius 3 is 2.66 bits per heavy atom. The lowest BCUT2D eigenvalue weighted by Gasteiger charge is -2.07. The lowest BCUT2D eigenvalue weighted by atomic mass is 10.1. The normalized spacial score (nSPS) is 11.2. The van der Waals surface area contributed by atoms with Gasteiger partial charge in [0.1, 0.15) is 11.5 Å². The first kappa shape index (κ1) is 19.9. The number of benzene rings is 3. The number of amides is 1. The zero-order valence-corrected chi connectivity index (χ0v) is 17.2. The molecule has 0 saturated heterocycles. The van der Waals surface area contributed by atoms with Crippen LogP contribution in [0, 0.1) is 5.82 Å². The van der Waals surface area contributed by atoms with Crippen molar-refractivity contribution in [2.24, 2.45) is 0 Å². The number of carbonyl (C=O) groups excluding carboxylic acids is 1. The van der Waals surface area contributed by atoms with Gasteiger partial charge < -0.3 is 5.32 Å². The molecule has 32 heavy (non-hydrogen) atoms. The van der Waals surface area contributed by atoms with E-state index in [4.69, 9.17) is 11.6 Å². The molecule has 1 amide bonds. The van der Waals surface area contributed by atoms with Crippen LogP contribution in [0.4, 0.5) is 4.39 Å². The fourth-order valence-corrected chi connectivity index (χ4v) is 3.62. The van der Waals surface area contributed by atoms with Crippen LogP contribution in [0.5, 0.6) is 0 Å². The minimum atomic E-state index is -0.493. The summed E-state index contributed by atoms with van der Waals surface area (Å²) in [6, 6.07) is 17.9. The number of hydrogen-bond donors (Lipinski definition) is 2. The number of fused-ring (bicyclic) bond motifs is 3. The number of aromatic nitrogens is 4. The second kappa shape index (κ2) is 7.90. The maximum Gasteiger partial charge on any atom is 0.281 e. The molecule has 2 N–H and O–H groups in total. The largest absolute Gasteiger partial charge is 0.348 e. The van der Waals surface area contributed by atoms with Gasteiger partial charge in [-0.3, -0.25) is 9.59 Å². The van der Waals surface area contributed by atoms with Crippen LogP contribution in [0.1, 0.15) is 15.9 Å². The van der Waals surface area contributed by atoms with E-state index in [9.17, 15) is 14.0 Å². The molecule has 0 bridgehead atoms. The third-order valence-electron chi connectivity index (χ3n) is 5.12. The van der Waals surface area contributed by atoms with Gasteiger partial charge in [0.15, 0.2) is 5.65 Å². The summed E-state index contributed by atoms with van der Waals surface area (Å²) in [6.07, 6.45) is 0. The van der Waals surface area contributed by atoms with Crippen molar-refractivity contribution >= 4 is 34.1 Å². The molecule has 0 atom stereocenters. The van der Waals surface area contributed by atoms with E-state index in [0.717, 1.165) is 5.56 Å². The Balaban J connectivity index is 1.54. The fraction of sp³-hybridized carbons (Fsp3) is 0.0435. The molecule has 0 aliphatic rings. The molecule has 0 fully saturated rings. The highest BCUT2D eigenvalue weighted by Crippen LogP contribution is 2.25. The van der Waals surface area contributed by atoms with Crippen LogP contribution in [0.3, 0.4) is 0 Å². The van der Waals surface area contributed by atoms with Gasteiger partial charge in [-0.15, -0.1) is 0 Å². The third-order valence-corrected chi connectivity index (χ3v) is 5.37. The maximum atomic E-state index is 14.3. The quantitative estimate of drug-likeness (QED) is 0.436. The first-order chi connectivity index (χ1) is 15.5. The molecule has 2 heterocycles. The van der Waals surface area contributed by atoms with Crippen molar-refractivity contribution in [2.45, 2.75) is 6.54 Å². The molecule has 3 aromatic carbocycles. The highest BCUT2D eigenvalue weighted by molar-refractivity contribution is 6.30. The topological polar surface area (TPSA) is 92.2 Å². The van der Waals surface area contributed by atoms with Crippen LogP contribution in [0.25, 0.3) is 27.8 Å². The monoisotopic (exact) mass is 447 g/mol. The van der Waals surface area contributed by atoms with Crippen molar-refractivity contribution in [3.05, 3.63) is 99.1 Å². The predicted octanol–water partition coefficient (Wildman–Crippen LogP) is 3.96. The number of rotatable bonds is 4. The Morgan fingerprint density at radius 2 is 1.88 bits per heavy atom. The molecule has 158 valence electrons. The molecule has 7 nitrogen and oxygen atoms in total. The van der Waals surface area contributed by atoms with E-state index in [0.29, 0.717) is 28.0 Å². The number of hydrogen-bond acceptors (Lipinski definition) is 4. The molecule has 0 spiro atoms. The van der Waals surface area contributed by atoms with Gasteiger partial charge >= 0.3 is 0 Å². The van der Waals surface area contributed by atoms with E-state index in [1.54, 1.807) is 42.5 Å². The second-order valence-corrected chi connectivity index (χ2v) is 7.59. The van der Waals surface area contributed by atoms with Crippen LogP contribution in [-0.2, 0) is 6.54 Å². The van der Waals surface area contributed by atoms with Gasteiger partial charge in [-0.05, 0) is 48.0 Å². The first-order valence-corrected chi connectivity index (χ1v) is 10.1. The summed E-state index contributed by atoms with van der Waals surface area (Å²) < 4.78 is 15.7. The Labute approximate surface area is 185 Å². The summed E-state index contributed by atoms with van der Waals surface area (Å²) in [6.45, 7) is 0.321. The average molecular weight is 448 g/mol. The van der Waals surface area contributed by atoms with E-state index >= 15 is 0 Å². The molecule has 5 aromatic rings. The van der Waals surface area contributed by atoms with Gasteiger partial charge in [0.05, 0.1) is 10.9 Å². The zero-order chi connectivity index (χ0) is 22.2. The van der Waals surface area contributed by atoms with Gasteiger partial charge in [-0.25, -0.2) is 14.1 Å². The summed E-state index contributed by atoms with van der Waals surface area (Å²) in [5.74, 6) is -0.792. The number of halogens is 2. The Bertz CT molecular complexity index is 1540. The van der Waals surface area contributed by atoms with Gasteiger partial charge in [0.25, 0.3) is 11.5 Å². The Morgan fingerprint density at radius 1 is 1.09 bits per heavy atom. The lowest BCUT2D eigenvalue weighted by Crippen LogP contribution is -2.23. The predicted molar refractivity (Wildman–Crippen MR) is 119 cm³/mol. The molecule has 0 aliphatic carbocycles. The SMILES string of the molecule is O=C(NCc1ccc(Cl)cc1)c1ccc2c(=O)nc3c(-c4ccccc4F)n[nH]n3c2c1. The Hall–Kier alpha value is -4.04. The average Bonchev–Trinajstić information content (AvgIpc) is 3.22. The molecule has 0 aliphatic heterocycles. The summed E-state index contributed by atoms with van der Waals surface area (Å²) >= 11 is 5.89. The fourth-order valence-electron chi connectivity index (χ4n) is 3.49. The molecular formula is C23H15ClFN5O2. The minimum absolute atomic E-state index is 0.173. The van der Waals surface area contributed by atoms with Gasteiger partial charge in [-0.2, -0.15) is 10.1 Å². The van der Waals surface area contributed by atoms with E-state index in [1.807, 2.05) is 12.1 Å². The van der Waals surface area contributed by atoms with Gasteiger partial charge in [0, 0.05) is 22.7 Å². The highest BCUT2D eigenvalue weighted by atomic mass is 35.5. The molecule has 0 radical (unpaired) electrons. The molecule has 0 saturated carbocycles. The van der Waals surface area contributed by atoms with Gasteiger partial charge in [-0.1, -0.05) is 35.9 Å². The van der Waals surface area contributed by atoms with Crippen LogP contribution < -0.4 is 10.9 Å². The molecule has 5 rings (SSSR count). The number of nitrogens with one attached hydrogen (secondary N) is 2. The van der Waals surface area contributed by atoms with E-state index in [-0.39, 0.29) is 22.8 Å². The maximum absolute atomic E-state index is 14.3. The van der Waals surface area contributed by atoms with Crippen molar-refractivity contribution in [3.63, 3.8) is 0 Å². The number of carbonyl (C=O) groups is 1. The lowest BCUT2D eigenvalue weighted by molar-refractivity contribution is 0.0951. The van der Waals surface area contributed by atoms with Crippen LogP contribution in [0.15, 0.2) is 71.5 Å². The van der Waals surface area contributed by atoms with Crippen molar-refractivity contribution in [1.82, 2.24) is 25.1 Å². The number of H-pyrrole nitrogens is 1. The van der Waals surface area contributed by atoms with Crippen LogP contribution in [-0.4, -0.2) is 25.7 Å². The summed E-state index contributed by atoms with van der Waals surface area (Å²) in [4.78, 5) is 29.4. The molecule has 0 unspecified atom stereocenters. The van der Waals surface area contributed by atoms with Crippen molar-refractivity contribution in [3.8, 4) is 11.3 Å². The van der Waals surface area contributed by atoms with Crippen molar-refractivity contribution in [2.75, 3.05) is 0 Å². The molecule has 2 aromatic heterocycles. The van der Waals surface area contributed by atoms with E-state index in [2.05, 4.69) is 20.6 Å². The summed E-state index contributed by atoms with van der Waals surface area (Å²) in [5.41, 5.74) is 1.77. The minimum Gasteiger partial charge on any atom is -0.348 e. The van der Waals surface area contributed by atoms with E-state index < -0.39 is 11.4 Å². The van der Waals surface area contributed by atoms with Crippen molar-refractivity contribution in [1.29, 1.82) is 0 Å². The Kier molecular flexibility index (Phi) is 4.91. The summed E-state index contributed by atoms with van der Waals surface area (Å²) in [7, 11) is 0. The second-order valence-electron chi connectivity index (χ2n) is 7.16. The number of nitrogens with zero attached hydrogens (tertiary/aromatic N) is 3. The van der Waals surface area contributed by atoms with Crippen molar-refractivity contribution < 1.29 is 9.18 Å². The standard InChI is InChI=1S/C23H15ClFN5O2/c24-15-8-5-13(6-9-15)12-26-22(31)14-7-10-17-19(11-14)30-21(27-23(17)32)20(28-29-30)16-3-1-2-4-18(16)25/h1-11,29H,12H2,(H,26,31). The third kappa shape index (κ3) is 3.50. The zero-order valence-electron chi connectivity index (χ0n) is 16.5. The van der Waals surface area contributed by atoms with E-state index in [1.165, 1.54) is 16.6 Å². The highest BCUT2D eigenvalue weighted by Gasteiger charge is 2.17. The first-order valence-electron chi connectivity index (χ1n) is 9.70. The molecule has 9 heteroatoms.